The fourth-order valence-electron chi connectivity index (χ4n) is 0.886. The number of hydrogen-bond acceptors (Lipinski definition) is 3. The van der Waals surface area contributed by atoms with Crippen LogP contribution in [0, 0.1) is 0 Å². The first-order chi connectivity index (χ1) is 6.31. The van der Waals surface area contributed by atoms with Gasteiger partial charge in [0.1, 0.15) is 0 Å². The van der Waals surface area contributed by atoms with Crippen LogP contribution in [0.2, 0.25) is 0 Å². The van der Waals surface area contributed by atoms with Crippen molar-refractivity contribution >= 4 is 0 Å². The van der Waals surface area contributed by atoms with Crippen molar-refractivity contribution in [1.82, 2.24) is 5.32 Å². The largest absolute Gasteiger partial charge is 0.379 e. The van der Waals surface area contributed by atoms with E-state index in [0.717, 1.165) is 19.8 Å². The summed E-state index contributed by atoms with van der Waals surface area (Å²) >= 11 is 0. The summed E-state index contributed by atoms with van der Waals surface area (Å²) in [5, 5.41) is 3.36. The Labute approximate surface area is 81.8 Å². The van der Waals surface area contributed by atoms with E-state index in [1.54, 1.807) is 0 Å². The zero-order chi connectivity index (χ0) is 9.94. The average molecular weight is 189 g/mol. The van der Waals surface area contributed by atoms with Crippen molar-refractivity contribution in [2.24, 2.45) is 0 Å². The number of hydrogen-bond donors (Lipinski definition) is 1. The monoisotopic (exact) mass is 189 g/mol. The van der Waals surface area contributed by atoms with E-state index in [-0.39, 0.29) is 0 Å². The molecule has 0 amide bonds. The summed E-state index contributed by atoms with van der Waals surface area (Å²) in [6.45, 7) is 10.2. The first kappa shape index (κ1) is 12.9. The predicted molar refractivity (Wildman–Crippen MR) is 55.1 cm³/mol. The number of nitrogens with one attached hydrogen (secondary N) is 1. The molecule has 80 valence electrons. The van der Waals surface area contributed by atoms with Gasteiger partial charge in [-0.2, -0.15) is 0 Å². The lowest BCUT2D eigenvalue weighted by molar-refractivity contribution is 0.0534. The van der Waals surface area contributed by atoms with Crippen LogP contribution in [0.5, 0.6) is 0 Å². The standard InChI is InChI=1S/C10H23NO2/c1-4-10(3)11-6-7-13-9-8-12-5-2/h10-11H,4-9H2,1-3H3. The normalized spacial score (nSPS) is 13.2. The van der Waals surface area contributed by atoms with Gasteiger partial charge in [0.25, 0.3) is 0 Å². The molecule has 1 atom stereocenters. The minimum absolute atomic E-state index is 0.593. The van der Waals surface area contributed by atoms with Crippen LogP contribution in [0.3, 0.4) is 0 Å². The van der Waals surface area contributed by atoms with Gasteiger partial charge in [0, 0.05) is 19.2 Å². The van der Waals surface area contributed by atoms with E-state index in [4.69, 9.17) is 9.47 Å². The third-order valence-electron chi connectivity index (χ3n) is 1.93. The molecule has 1 N–H and O–H groups in total. The molecule has 0 radical (unpaired) electrons. The molecule has 3 heteroatoms. The summed E-state index contributed by atoms with van der Waals surface area (Å²) in [6, 6.07) is 0.593. The second kappa shape index (κ2) is 9.96. The highest BCUT2D eigenvalue weighted by Crippen LogP contribution is 1.86. The quantitative estimate of drug-likeness (QED) is 0.557. The number of ether oxygens (including phenoxy) is 2. The molecule has 0 bridgehead atoms. The average Bonchev–Trinajstić information content (AvgIpc) is 2.16. The highest BCUT2D eigenvalue weighted by molar-refractivity contribution is 4.55. The molecule has 0 heterocycles. The van der Waals surface area contributed by atoms with E-state index in [0.29, 0.717) is 19.3 Å². The van der Waals surface area contributed by atoms with E-state index in [1.807, 2.05) is 6.92 Å². The van der Waals surface area contributed by atoms with Crippen LogP contribution in [0.1, 0.15) is 27.2 Å². The Morgan fingerprint density at radius 1 is 1.08 bits per heavy atom. The van der Waals surface area contributed by atoms with Gasteiger partial charge in [0.15, 0.2) is 0 Å². The van der Waals surface area contributed by atoms with Crippen LogP contribution in [-0.4, -0.2) is 39.0 Å². The SMILES string of the molecule is CCOCCOCCNC(C)CC. The maximum absolute atomic E-state index is 5.34. The Bertz CT molecular complexity index is 98.9. The molecule has 0 fully saturated rings. The Morgan fingerprint density at radius 2 is 1.77 bits per heavy atom. The minimum atomic E-state index is 0.593. The molecular formula is C10H23NO2. The van der Waals surface area contributed by atoms with E-state index < -0.39 is 0 Å². The fourth-order valence-corrected chi connectivity index (χ4v) is 0.886. The van der Waals surface area contributed by atoms with Crippen molar-refractivity contribution in [3.05, 3.63) is 0 Å². The van der Waals surface area contributed by atoms with Gasteiger partial charge in [-0.25, -0.2) is 0 Å². The second-order valence-electron chi connectivity index (χ2n) is 3.07. The van der Waals surface area contributed by atoms with Crippen LogP contribution >= 0.6 is 0 Å². The van der Waals surface area contributed by atoms with Crippen molar-refractivity contribution in [1.29, 1.82) is 0 Å². The third-order valence-corrected chi connectivity index (χ3v) is 1.93. The van der Waals surface area contributed by atoms with Crippen molar-refractivity contribution in [3.8, 4) is 0 Å². The Balaban J connectivity index is 2.91. The lowest BCUT2D eigenvalue weighted by Gasteiger charge is -2.11. The minimum Gasteiger partial charge on any atom is -0.379 e. The summed E-state index contributed by atoms with van der Waals surface area (Å²) in [5.41, 5.74) is 0. The highest BCUT2D eigenvalue weighted by Gasteiger charge is 1.95. The molecular weight excluding hydrogens is 166 g/mol. The Morgan fingerprint density at radius 3 is 2.38 bits per heavy atom. The van der Waals surface area contributed by atoms with Gasteiger partial charge in [0.2, 0.25) is 0 Å². The molecule has 0 aliphatic heterocycles. The van der Waals surface area contributed by atoms with Gasteiger partial charge in [-0.1, -0.05) is 6.92 Å². The molecule has 13 heavy (non-hydrogen) atoms. The van der Waals surface area contributed by atoms with Crippen molar-refractivity contribution < 1.29 is 9.47 Å². The molecule has 0 saturated carbocycles. The van der Waals surface area contributed by atoms with Crippen LogP contribution in [-0.2, 0) is 9.47 Å². The van der Waals surface area contributed by atoms with Gasteiger partial charge in [0.05, 0.1) is 19.8 Å². The van der Waals surface area contributed by atoms with Crippen LogP contribution in [0.15, 0.2) is 0 Å². The smallest absolute Gasteiger partial charge is 0.0701 e. The van der Waals surface area contributed by atoms with Gasteiger partial charge in [-0.05, 0) is 20.3 Å². The summed E-state index contributed by atoms with van der Waals surface area (Å²) in [5.74, 6) is 0. The van der Waals surface area contributed by atoms with Crippen LogP contribution in [0.25, 0.3) is 0 Å². The van der Waals surface area contributed by atoms with E-state index in [9.17, 15) is 0 Å². The van der Waals surface area contributed by atoms with Crippen LogP contribution < -0.4 is 5.32 Å². The molecule has 0 aromatic carbocycles. The highest BCUT2D eigenvalue weighted by atomic mass is 16.5. The lowest BCUT2D eigenvalue weighted by Crippen LogP contribution is -2.29. The Hall–Kier alpha value is -0.120. The first-order valence-electron chi connectivity index (χ1n) is 5.20. The topological polar surface area (TPSA) is 30.5 Å². The summed E-state index contributed by atoms with van der Waals surface area (Å²) in [7, 11) is 0. The van der Waals surface area contributed by atoms with Gasteiger partial charge >= 0.3 is 0 Å². The number of rotatable bonds is 9. The molecule has 0 aromatic heterocycles. The van der Waals surface area contributed by atoms with Gasteiger partial charge in [-0.15, -0.1) is 0 Å². The Kier molecular flexibility index (Phi) is 9.87. The predicted octanol–water partition coefficient (Wildman–Crippen LogP) is 1.43. The maximum Gasteiger partial charge on any atom is 0.0701 e. The molecule has 1 unspecified atom stereocenters. The molecule has 0 rings (SSSR count). The van der Waals surface area contributed by atoms with E-state index in [2.05, 4.69) is 19.2 Å². The van der Waals surface area contributed by atoms with Gasteiger partial charge < -0.3 is 14.8 Å². The van der Waals surface area contributed by atoms with Crippen molar-refractivity contribution in [2.75, 3.05) is 33.0 Å². The van der Waals surface area contributed by atoms with E-state index in [1.165, 1.54) is 6.42 Å². The lowest BCUT2D eigenvalue weighted by atomic mass is 10.3. The zero-order valence-corrected chi connectivity index (χ0v) is 9.14. The summed E-state index contributed by atoms with van der Waals surface area (Å²) < 4.78 is 10.5. The maximum atomic E-state index is 5.34. The molecule has 0 aromatic rings. The van der Waals surface area contributed by atoms with E-state index >= 15 is 0 Å². The molecule has 3 nitrogen and oxygen atoms in total. The molecule has 0 aliphatic rings. The van der Waals surface area contributed by atoms with Gasteiger partial charge in [-0.3, -0.25) is 0 Å². The van der Waals surface area contributed by atoms with Crippen LogP contribution in [0.4, 0.5) is 0 Å². The van der Waals surface area contributed by atoms with Crippen molar-refractivity contribution in [2.45, 2.75) is 33.2 Å². The molecule has 0 saturated heterocycles. The zero-order valence-electron chi connectivity index (χ0n) is 9.14. The third kappa shape index (κ3) is 9.80. The van der Waals surface area contributed by atoms with Crippen molar-refractivity contribution in [3.63, 3.8) is 0 Å². The summed E-state index contributed by atoms with van der Waals surface area (Å²) in [6.07, 6.45) is 1.17. The molecule has 0 spiro atoms. The first-order valence-corrected chi connectivity index (χ1v) is 5.20. The second-order valence-corrected chi connectivity index (χ2v) is 3.07. The summed E-state index contributed by atoms with van der Waals surface area (Å²) in [4.78, 5) is 0. The molecule has 0 aliphatic carbocycles. The fraction of sp³-hybridized carbons (Fsp3) is 1.00.